The van der Waals surface area contributed by atoms with E-state index in [2.05, 4.69) is 25.9 Å². The molecule has 0 unspecified atom stereocenters. The first-order chi connectivity index (χ1) is 8.16. The third-order valence-corrected chi connectivity index (χ3v) is 3.96. The van der Waals surface area contributed by atoms with Crippen LogP contribution in [0.25, 0.3) is 0 Å². The number of benzene rings is 1. The first-order valence-corrected chi connectivity index (χ1v) is 6.80. The zero-order valence-corrected chi connectivity index (χ0v) is 11.6. The predicted molar refractivity (Wildman–Crippen MR) is 70.4 cm³/mol. The lowest BCUT2D eigenvalue weighted by molar-refractivity contribution is 0.619. The first-order valence-electron chi connectivity index (χ1n) is 5.02. The monoisotopic (exact) mass is 312 g/mol. The van der Waals surface area contributed by atoms with Crippen molar-refractivity contribution in [3.05, 3.63) is 52.0 Å². The van der Waals surface area contributed by atoms with Crippen LogP contribution < -0.4 is 0 Å². The van der Waals surface area contributed by atoms with Gasteiger partial charge in [-0.15, -0.1) is 0 Å². The quantitative estimate of drug-likeness (QED) is 0.633. The Hall–Kier alpha value is -0.940. The minimum Gasteiger partial charge on any atom is -0.231 e. The zero-order chi connectivity index (χ0) is 12.3. The van der Waals surface area contributed by atoms with Crippen LogP contribution in [0.2, 0.25) is 0 Å². The highest BCUT2D eigenvalue weighted by molar-refractivity contribution is 9.10. The average molecular weight is 313 g/mol. The molecule has 1 heterocycles. The maximum atomic E-state index is 13.3. The van der Waals surface area contributed by atoms with Gasteiger partial charge < -0.3 is 0 Å². The molecule has 2 aromatic rings. The van der Waals surface area contributed by atoms with Crippen LogP contribution in [0.15, 0.2) is 40.1 Å². The maximum absolute atomic E-state index is 13.3. The average Bonchev–Trinajstić information content (AvgIpc) is 2.31. The molecule has 0 aliphatic carbocycles. The Kier molecular flexibility index (Phi) is 4.12. The SMILES string of the molecule is Cc1ccnc(SCc2cccc(F)c2Br)n1. The molecule has 2 nitrogen and oxygen atoms in total. The standard InChI is InChI=1S/C12H10BrFN2S/c1-8-5-6-15-12(16-8)17-7-9-3-2-4-10(14)11(9)13/h2-6H,7H2,1H3. The van der Waals surface area contributed by atoms with E-state index in [1.165, 1.54) is 17.8 Å². The third-order valence-electron chi connectivity index (χ3n) is 2.16. The van der Waals surface area contributed by atoms with Gasteiger partial charge in [0.1, 0.15) is 5.82 Å². The van der Waals surface area contributed by atoms with Gasteiger partial charge in [0.25, 0.3) is 0 Å². The molecule has 0 saturated heterocycles. The molecule has 0 fully saturated rings. The fourth-order valence-corrected chi connectivity index (χ4v) is 2.76. The summed E-state index contributed by atoms with van der Waals surface area (Å²) in [7, 11) is 0. The highest BCUT2D eigenvalue weighted by atomic mass is 79.9. The second-order valence-corrected chi connectivity index (χ2v) is 5.22. The second kappa shape index (κ2) is 5.60. The van der Waals surface area contributed by atoms with Crippen LogP contribution in [-0.4, -0.2) is 9.97 Å². The molecule has 0 bridgehead atoms. The molecule has 17 heavy (non-hydrogen) atoms. The molecule has 0 spiro atoms. The maximum Gasteiger partial charge on any atom is 0.188 e. The van der Waals surface area contributed by atoms with Gasteiger partial charge in [0.05, 0.1) is 4.47 Å². The summed E-state index contributed by atoms with van der Waals surface area (Å²) in [5.74, 6) is 0.398. The molecule has 0 amide bonds. The van der Waals surface area contributed by atoms with Gasteiger partial charge in [-0.1, -0.05) is 23.9 Å². The molecule has 0 aliphatic rings. The Balaban J connectivity index is 2.10. The summed E-state index contributed by atoms with van der Waals surface area (Å²) in [6.45, 7) is 1.92. The molecule has 5 heteroatoms. The largest absolute Gasteiger partial charge is 0.231 e. The number of aryl methyl sites for hydroxylation is 1. The number of hydrogen-bond acceptors (Lipinski definition) is 3. The van der Waals surface area contributed by atoms with Crippen molar-refractivity contribution in [2.75, 3.05) is 0 Å². The lowest BCUT2D eigenvalue weighted by atomic mass is 10.2. The van der Waals surface area contributed by atoms with E-state index in [9.17, 15) is 4.39 Å². The van der Waals surface area contributed by atoms with E-state index in [-0.39, 0.29) is 5.82 Å². The van der Waals surface area contributed by atoms with E-state index in [1.54, 1.807) is 12.3 Å². The summed E-state index contributed by atoms with van der Waals surface area (Å²) >= 11 is 4.73. The normalized spacial score (nSPS) is 10.5. The number of hydrogen-bond donors (Lipinski definition) is 0. The summed E-state index contributed by atoms with van der Waals surface area (Å²) in [5.41, 5.74) is 1.83. The van der Waals surface area contributed by atoms with Crippen LogP contribution in [0.5, 0.6) is 0 Å². The summed E-state index contributed by atoms with van der Waals surface area (Å²) in [4.78, 5) is 8.43. The highest BCUT2D eigenvalue weighted by Gasteiger charge is 2.06. The van der Waals surface area contributed by atoms with E-state index in [0.29, 0.717) is 15.4 Å². The van der Waals surface area contributed by atoms with Gasteiger partial charge in [-0.2, -0.15) is 0 Å². The number of aromatic nitrogens is 2. The smallest absolute Gasteiger partial charge is 0.188 e. The lowest BCUT2D eigenvalue weighted by Crippen LogP contribution is -1.91. The number of halogens is 2. The van der Waals surface area contributed by atoms with Crippen molar-refractivity contribution in [3.8, 4) is 0 Å². The Bertz CT molecular complexity index is 534. The van der Waals surface area contributed by atoms with Gasteiger partial charge in [-0.25, -0.2) is 14.4 Å². The van der Waals surface area contributed by atoms with E-state index >= 15 is 0 Å². The molecule has 0 radical (unpaired) electrons. The van der Waals surface area contributed by atoms with Gasteiger partial charge in [-0.3, -0.25) is 0 Å². The minimum atomic E-state index is -0.242. The van der Waals surface area contributed by atoms with Crippen molar-refractivity contribution in [1.82, 2.24) is 9.97 Å². The number of thioether (sulfide) groups is 1. The summed E-state index contributed by atoms with van der Waals surface area (Å²) in [6, 6.07) is 6.87. The van der Waals surface area contributed by atoms with Crippen molar-refractivity contribution in [2.24, 2.45) is 0 Å². The number of rotatable bonds is 3. The zero-order valence-electron chi connectivity index (χ0n) is 9.15. The van der Waals surface area contributed by atoms with E-state index in [1.807, 2.05) is 19.1 Å². The van der Waals surface area contributed by atoms with E-state index in [0.717, 1.165) is 11.3 Å². The summed E-state index contributed by atoms with van der Waals surface area (Å²) < 4.78 is 13.8. The predicted octanol–water partition coefficient (Wildman–Crippen LogP) is 3.98. The van der Waals surface area contributed by atoms with Crippen molar-refractivity contribution >= 4 is 27.7 Å². The van der Waals surface area contributed by atoms with Crippen molar-refractivity contribution in [3.63, 3.8) is 0 Å². The van der Waals surface area contributed by atoms with Crippen molar-refractivity contribution < 1.29 is 4.39 Å². The molecule has 88 valence electrons. The van der Waals surface area contributed by atoms with Gasteiger partial charge >= 0.3 is 0 Å². The lowest BCUT2D eigenvalue weighted by Gasteiger charge is -2.04. The van der Waals surface area contributed by atoms with Crippen molar-refractivity contribution in [2.45, 2.75) is 17.8 Å². The van der Waals surface area contributed by atoms with Crippen LogP contribution in [0.1, 0.15) is 11.3 Å². The fourth-order valence-electron chi connectivity index (χ4n) is 1.30. The van der Waals surface area contributed by atoms with Crippen LogP contribution in [0, 0.1) is 12.7 Å². The first kappa shape index (κ1) is 12.5. The number of nitrogens with zero attached hydrogens (tertiary/aromatic N) is 2. The van der Waals surface area contributed by atoms with Crippen molar-refractivity contribution in [1.29, 1.82) is 0 Å². The Labute approximate surface area is 112 Å². The van der Waals surface area contributed by atoms with Crippen LogP contribution in [0.4, 0.5) is 4.39 Å². The molecular formula is C12H10BrFN2S. The topological polar surface area (TPSA) is 25.8 Å². The highest BCUT2D eigenvalue weighted by Crippen LogP contribution is 2.26. The minimum absolute atomic E-state index is 0.242. The molecule has 0 N–H and O–H groups in total. The molecule has 1 aromatic carbocycles. The van der Waals surface area contributed by atoms with Crippen LogP contribution in [0.3, 0.4) is 0 Å². The van der Waals surface area contributed by atoms with E-state index < -0.39 is 0 Å². The molecule has 0 saturated carbocycles. The van der Waals surface area contributed by atoms with E-state index in [4.69, 9.17) is 0 Å². The Morgan fingerprint density at radius 2 is 2.18 bits per heavy atom. The van der Waals surface area contributed by atoms with Crippen LogP contribution in [-0.2, 0) is 5.75 Å². The van der Waals surface area contributed by atoms with Gasteiger partial charge in [-0.05, 0) is 40.5 Å². The van der Waals surface area contributed by atoms with Gasteiger partial charge in [0.2, 0.25) is 0 Å². The molecular weight excluding hydrogens is 303 g/mol. The third kappa shape index (κ3) is 3.26. The molecule has 0 atom stereocenters. The molecule has 1 aromatic heterocycles. The Morgan fingerprint density at radius 3 is 2.94 bits per heavy atom. The molecule has 0 aliphatic heterocycles. The Morgan fingerprint density at radius 1 is 1.35 bits per heavy atom. The second-order valence-electron chi connectivity index (χ2n) is 3.48. The van der Waals surface area contributed by atoms with Gasteiger partial charge in [0.15, 0.2) is 5.16 Å². The molecule has 2 rings (SSSR count). The van der Waals surface area contributed by atoms with Gasteiger partial charge in [0, 0.05) is 17.6 Å². The fraction of sp³-hybridized carbons (Fsp3) is 0.167. The summed E-state index contributed by atoms with van der Waals surface area (Å²) in [5, 5.41) is 0.709. The summed E-state index contributed by atoms with van der Waals surface area (Å²) in [6.07, 6.45) is 1.73. The van der Waals surface area contributed by atoms with Crippen LogP contribution >= 0.6 is 27.7 Å².